The van der Waals surface area contributed by atoms with E-state index in [0.29, 0.717) is 12.8 Å². The zero-order chi connectivity index (χ0) is 15.3. The average molecular weight is 310 g/mol. The first kappa shape index (κ1) is 15.8. The van der Waals surface area contributed by atoms with Crippen LogP contribution in [0.5, 0.6) is 0 Å². The summed E-state index contributed by atoms with van der Waals surface area (Å²) in [5.41, 5.74) is -0.790. The van der Waals surface area contributed by atoms with Gasteiger partial charge in [0.15, 0.2) is 0 Å². The highest BCUT2D eigenvalue weighted by Gasteiger charge is 2.39. The van der Waals surface area contributed by atoms with Gasteiger partial charge in [0.1, 0.15) is 0 Å². The Kier molecular flexibility index (Phi) is 5.22. The number of urea groups is 1. The SMILES string of the molecule is CC(NC(=O)NCC1(C(=O)O)CCCCC1)c1cccs1. The number of nitrogens with one attached hydrogen (secondary N) is 2. The van der Waals surface area contributed by atoms with E-state index in [-0.39, 0.29) is 18.6 Å². The van der Waals surface area contributed by atoms with Crippen LogP contribution in [0.25, 0.3) is 0 Å². The second-order valence-corrected chi connectivity index (χ2v) is 6.69. The van der Waals surface area contributed by atoms with Gasteiger partial charge in [-0.3, -0.25) is 4.79 Å². The standard InChI is InChI=1S/C15H22N2O3S/c1-11(12-6-5-9-21-12)17-14(20)16-10-15(13(18)19)7-3-2-4-8-15/h5-6,9,11H,2-4,7-8,10H2,1H3,(H,18,19)(H2,16,17,20). The summed E-state index contributed by atoms with van der Waals surface area (Å²) in [6, 6.07) is 3.53. The third-order valence-electron chi connectivity index (χ3n) is 4.17. The molecule has 1 aliphatic rings. The number of carboxylic acids is 1. The fraction of sp³-hybridized carbons (Fsp3) is 0.600. The highest BCUT2D eigenvalue weighted by molar-refractivity contribution is 7.10. The summed E-state index contributed by atoms with van der Waals surface area (Å²) < 4.78 is 0. The molecule has 5 nitrogen and oxygen atoms in total. The molecule has 1 unspecified atom stereocenters. The monoisotopic (exact) mass is 310 g/mol. The molecule has 116 valence electrons. The molecule has 1 heterocycles. The molecule has 0 aliphatic heterocycles. The number of carboxylic acid groups (broad SMARTS) is 1. The Hall–Kier alpha value is -1.56. The van der Waals surface area contributed by atoms with E-state index in [0.717, 1.165) is 24.1 Å². The largest absolute Gasteiger partial charge is 0.481 e. The van der Waals surface area contributed by atoms with Crippen molar-refractivity contribution < 1.29 is 14.7 Å². The van der Waals surface area contributed by atoms with Crippen LogP contribution in [0, 0.1) is 5.41 Å². The van der Waals surface area contributed by atoms with E-state index in [2.05, 4.69) is 10.6 Å². The molecular formula is C15H22N2O3S. The summed E-state index contributed by atoms with van der Waals surface area (Å²) in [4.78, 5) is 24.6. The average Bonchev–Trinajstić information content (AvgIpc) is 3.00. The number of rotatable bonds is 5. The number of carbonyl (C=O) groups is 2. The summed E-state index contributed by atoms with van der Waals surface area (Å²) in [7, 11) is 0. The third kappa shape index (κ3) is 3.97. The molecule has 0 saturated heterocycles. The maximum absolute atomic E-state index is 11.9. The van der Waals surface area contributed by atoms with Crippen molar-refractivity contribution in [3.05, 3.63) is 22.4 Å². The van der Waals surface area contributed by atoms with Crippen molar-refractivity contribution >= 4 is 23.3 Å². The van der Waals surface area contributed by atoms with Crippen molar-refractivity contribution in [2.45, 2.75) is 45.1 Å². The molecule has 6 heteroatoms. The van der Waals surface area contributed by atoms with E-state index in [1.54, 1.807) is 11.3 Å². The molecule has 1 atom stereocenters. The number of aliphatic carboxylic acids is 1. The zero-order valence-electron chi connectivity index (χ0n) is 12.2. The fourth-order valence-electron chi connectivity index (χ4n) is 2.80. The van der Waals surface area contributed by atoms with Gasteiger partial charge in [-0.25, -0.2) is 4.79 Å². The van der Waals surface area contributed by atoms with Gasteiger partial charge < -0.3 is 15.7 Å². The minimum atomic E-state index is -0.797. The van der Waals surface area contributed by atoms with Gasteiger partial charge in [0.05, 0.1) is 11.5 Å². The maximum Gasteiger partial charge on any atom is 0.315 e. The van der Waals surface area contributed by atoms with E-state index in [1.165, 1.54) is 0 Å². The highest BCUT2D eigenvalue weighted by Crippen LogP contribution is 2.36. The first-order valence-electron chi connectivity index (χ1n) is 7.35. The van der Waals surface area contributed by atoms with Gasteiger partial charge in [0, 0.05) is 11.4 Å². The second-order valence-electron chi connectivity index (χ2n) is 5.71. The van der Waals surface area contributed by atoms with E-state index < -0.39 is 11.4 Å². The van der Waals surface area contributed by atoms with E-state index in [1.807, 2.05) is 24.4 Å². The van der Waals surface area contributed by atoms with Crippen LogP contribution in [-0.4, -0.2) is 23.7 Å². The number of carbonyl (C=O) groups excluding carboxylic acids is 1. The fourth-order valence-corrected chi connectivity index (χ4v) is 3.54. The topological polar surface area (TPSA) is 78.4 Å². The molecule has 0 spiro atoms. The van der Waals surface area contributed by atoms with Crippen molar-refractivity contribution in [2.24, 2.45) is 5.41 Å². The van der Waals surface area contributed by atoms with Crippen LogP contribution in [0.1, 0.15) is 49.9 Å². The van der Waals surface area contributed by atoms with Crippen LogP contribution in [0.4, 0.5) is 4.79 Å². The molecule has 2 rings (SSSR count). The lowest BCUT2D eigenvalue weighted by molar-refractivity contribution is -0.150. The minimum Gasteiger partial charge on any atom is -0.481 e. The Balaban J connectivity index is 1.86. The molecular weight excluding hydrogens is 288 g/mol. The van der Waals surface area contributed by atoms with Crippen LogP contribution in [0.3, 0.4) is 0 Å². The van der Waals surface area contributed by atoms with Crippen LogP contribution in [0.2, 0.25) is 0 Å². The molecule has 0 bridgehead atoms. The first-order valence-corrected chi connectivity index (χ1v) is 8.23. The summed E-state index contributed by atoms with van der Waals surface area (Å²) >= 11 is 1.59. The predicted molar refractivity (Wildman–Crippen MR) is 82.4 cm³/mol. The van der Waals surface area contributed by atoms with Crippen LogP contribution in [0.15, 0.2) is 17.5 Å². The van der Waals surface area contributed by atoms with E-state index in [4.69, 9.17) is 0 Å². The molecule has 1 saturated carbocycles. The van der Waals surface area contributed by atoms with Gasteiger partial charge in [0.2, 0.25) is 0 Å². The Morgan fingerprint density at radius 1 is 1.38 bits per heavy atom. The minimum absolute atomic E-state index is 0.0721. The molecule has 21 heavy (non-hydrogen) atoms. The number of amides is 2. The van der Waals surface area contributed by atoms with Crippen LogP contribution < -0.4 is 10.6 Å². The summed E-state index contributed by atoms with van der Waals surface area (Å²) in [5, 5.41) is 17.0. The Morgan fingerprint density at radius 2 is 2.10 bits per heavy atom. The lowest BCUT2D eigenvalue weighted by Gasteiger charge is -2.33. The molecule has 2 amide bonds. The first-order chi connectivity index (χ1) is 10.0. The normalized spacial score (nSPS) is 18.7. The smallest absolute Gasteiger partial charge is 0.315 e. The lowest BCUT2D eigenvalue weighted by atomic mass is 9.74. The van der Waals surface area contributed by atoms with Gasteiger partial charge in [-0.05, 0) is 31.2 Å². The number of hydrogen-bond acceptors (Lipinski definition) is 3. The van der Waals surface area contributed by atoms with Crippen molar-refractivity contribution in [3.8, 4) is 0 Å². The van der Waals surface area contributed by atoms with Gasteiger partial charge in [-0.1, -0.05) is 25.3 Å². The van der Waals surface area contributed by atoms with Crippen molar-refractivity contribution in [2.75, 3.05) is 6.54 Å². The van der Waals surface area contributed by atoms with Gasteiger partial charge >= 0.3 is 12.0 Å². The van der Waals surface area contributed by atoms with Gasteiger partial charge in [0.25, 0.3) is 0 Å². The number of thiophene rings is 1. The molecule has 3 N–H and O–H groups in total. The quantitative estimate of drug-likeness (QED) is 0.781. The maximum atomic E-state index is 11.9. The summed E-state index contributed by atoms with van der Waals surface area (Å²) in [5.74, 6) is -0.797. The van der Waals surface area contributed by atoms with Crippen molar-refractivity contribution in [1.82, 2.24) is 10.6 Å². The van der Waals surface area contributed by atoms with Gasteiger partial charge in [-0.15, -0.1) is 11.3 Å². The Labute approximate surface area is 128 Å². The molecule has 1 aromatic heterocycles. The molecule has 1 fully saturated rings. The molecule has 1 aromatic rings. The highest BCUT2D eigenvalue weighted by atomic mass is 32.1. The van der Waals surface area contributed by atoms with Crippen LogP contribution >= 0.6 is 11.3 Å². The van der Waals surface area contributed by atoms with E-state index in [9.17, 15) is 14.7 Å². The van der Waals surface area contributed by atoms with E-state index >= 15 is 0 Å². The predicted octanol–water partition coefficient (Wildman–Crippen LogP) is 3.14. The Bertz CT molecular complexity index is 481. The number of hydrogen-bond donors (Lipinski definition) is 3. The summed E-state index contributed by atoms with van der Waals surface area (Å²) in [6.45, 7) is 2.12. The van der Waals surface area contributed by atoms with Crippen molar-refractivity contribution in [3.63, 3.8) is 0 Å². The van der Waals surface area contributed by atoms with Gasteiger partial charge in [-0.2, -0.15) is 0 Å². The van der Waals surface area contributed by atoms with Crippen molar-refractivity contribution in [1.29, 1.82) is 0 Å². The second kappa shape index (κ2) is 6.93. The zero-order valence-corrected chi connectivity index (χ0v) is 13.0. The summed E-state index contributed by atoms with van der Waals surface area (Å²) in [6.07, 6.45) is 4.20. The molecule has 0 radical (unpaired) electrons. The molecule has 1 aliphatic carbocycles. The third-order valence-corrected chi connectivity index (χ3v) is 5.22. The Morgan fingerprint density at radius 3 is 2.67 bits per heavy atom. The van der Waals surface area contributed by atoms with Crippen LogP contribution in [-0.2, 0) is 4.79 Å². The molecule has 0 aromatic carbocycles. The lowest BCUT2D eigenvalue weighted by Crippen LogP contribution is -2.47.